The molecule has 0 heterocycles. The van der Waals surface area contributed by atoms with Crippen molar-refractivity contribution in [2.45, 2.75) is 27.7 Å². The second-order valence-corrected chi connectivity index (χ2v) is 3.66. The molecule has 1 aliphatic carbocycles. The topological polar surface area (TPSA) is 17.1 Å². The minimum Gasteiger partial charge on any atom is -0.299 e. The maximum absolute atomic E-state index is 11.1. The van der Waals surface area contributed by atoms with E-state index < -0.39 is 0 Å². The molecule has 0 amide bonds. The fourth-order valence-corrected chi connectivity index (χ4v) is 1.57. The van der Waals surface area contributed by atoms with Crippen LogP contribution in [0.1, 0.15) is 27.7 Å². The first-order chi connectivity index (χ1) is 3.98. The van der Waals surface area contributed by atoms with Gasteiger partial charge >= 0.3 is 0 Å². The summed E-state index contributed by atoms with van der Waals surface area (Å²) >= 11 is 0. The van der Waals surface area contributed by atoms with Crippen molar-refractivity contribution in [1.82, 2.24) is 0 Å². The molecule has 2 unspecified atom stereocenters. The Labute approximate surface area is 56.4 Å². The molecule has 0 aromatic heterocycles. The Kier molecular flexibility index (Phi) is 1.20. The van der Waals surface area contributed by atoms with Crippen LogP contribution in [-0.2, 0) is 4.79 Å². The van der Waals surface area contributed by atoms with Gasteiger partial charge in [-0.1, -0.05) is 27.7 Å². The molecule has 0 radical (unpaired) electrons. The van der Waals surface area contributed by atoms with Crippen molar-refractivity contribution in [3.8, 4) is 0 Å². The summed E-state index contributed by atoms with van der Waals surface area (Å²) in [4.78, 5) is 11.1. The fraction of sp³-hybridized carbons (Fsp3) is 0.875. The second-order valence-electron chi connectivity index (χ2n) is 3.66. The van der Waals surface area contributed by atoms with E-state index in [9.17, 15) is 4.79 Å². The zero-order valence-electron chi connectivity index (χ0n) is 6.56. The summed E-state index contributed by atoms with van der Waals surface area (Å²) in [6, 6.07) is 0. The van der Waals surface area contributed by atoms with Crippen LogP contribution in [0, 0.1) is 17.3 Å². The van der Waals surface area contributed by atoms with Crippen LogP contribution in [0.4, 0.5) is 0 Å². The summed E-state index contributed by atoms with van der Waals surface area (Å²) in [5.41, 5.74) is -0.0284. The van der Waals surface area contributed by atoms with Crippen LogP contribution >= 0.6 is 0 Å². The Bertz CT molecular complexity index is 147. The van der Waals surface area contributed by atoms with E-state index >= 15 is 0 Å². The smallest absolute Gasteiger partial charge is 0.141 e. The number of carbonyl (C=O) groups excluding carboxylic acids is 1. The molecule has 1 saturated carbocycles. The van der Waals surface area contributed by atoms with Crippen LogP contribution in [0.5, 0.6) is 0 Å². The highest BCUT2D eigenvalue weighted by Crippen LogP contribution is 2.46. The first kappa shape index (κ1) is 6.79. The van der Waals surface area contributed by atoms with E-state index in [1.165, 1.54) is 0 Å². The first-order valence-corrected chi connectivity index (χ1v) is 3.52. The van der Waals surface area contributed by atoms with Crippen LogP contribution in [0.25, 0.3) is 0 Å². The Balaban J connectivity index is 2.73. The fourth-order valence-electron chi connectivity index (χ4n) is 1.57. The molecule has 1 nitrogen and oxygen atoms in total. The lowest BCUT2D eigenvalue weighted by Crippen LogP contribution is -2.51. The Morgan fingerprint density at radius 3 is 1.89 bits per heavy atom. The zero-order valence-corrected chi connectivity index (χ0v) is 6.56. The van der Waals surface area contributed by atoms with E-state index in [2.05, 4.69) is 6.92 Å². The average molecular weight is 126 g/mol. The molecule has 0 spiro atoms. The number of Topliss-reactive ketones (excluding diaryl/α,β-unsaturated/α-hetero) is 1. The molecular formula is C8H14O. The molecule has 1 fully saturated rings. The van der Waals surface area contributed by atoms with Gasteiger partial charge in [0.15, 0.2) is 0 Å². The molecule has 0 bridgehead atoms. The van der Waals surface area contributed by atoms with E-state index in [1.54, 1.807) is 0 Å². The molecule has 1 heteroatoms. The molecule has 1 rings (SSSR count). The van der Waals surface area contributed by atoms with Gasteiger partial charge in [0.2, 0.25) is 0 Å². The predicted molar refractivity (Wildman–Crippen MR) is 37.1 cm³/mol. The molecule has 0 aliphatic heterocycles. The maximum Gasteiger partial charge on any atom is 0.141 e. The van der Waals surface area contributed by atoms with Crippen molar-refractivity contribution in [2.24, 2.45) is 17.3 Å². The van der Waals surface area contributed by atoms with Crippen LogP contribution in [-0.4, -0.2) is 5.78 Å². The highest BCUT2D eigenvalue weighted by molar-refractivity contribution is 5.92. The average Bonchev–Trinajstić information content (AvgIpc) is 1.84. The molecular weight excluding hydrogens is 112 g/mol. The number of rotatable bonds is 0. The van der Waals surface area contributed by atoms with E-state index in [0.717, 1.165) is 0 Å². The molecule has 1 aliphatic rings. The van der Waals surface area contributed by atoms with Gasteiger partial charge in [-0.15, -0.1) is 0 Å². The van der Waals surface area contributed by atoms with Gasteiger partial charge in [-0.3, -0.25) is 4.79 Å². The highest BCUT2D eigenvalue weighted by Gasteiger charge is 2.50. The van der Waals surface area contributed by atoms with Crippen LogP contribution in [0.3, 0.4) is 0 Å². The van der Waals surface area contributed by atoms with Crippen LogP contribution in [0.15, 0.2) is 0 Å². The van der Waals surface area contributed by atoms with Gasteiger partial charge in [0.25, 0.3) is 0 Å². The minimum absolute atomic E-state index is 0.0284. The van der Waals surface area contributed by atoms with Gasteiger partial charge in [-0.05, 0) is 5.92 Å². The number of hydrogen-bond donors (Lipinski definition) is 0. The van der Waals surface area contributed by atoms with Gasteiger partial charge in [0.05, 0.1) is 0 Å². The molecule has 2 atom stereocenters. The van der Waals surface area contributed by atoms with Gasteiger partial charge in [0.1, 0.15) is 5.78 Å². The van der Waals surface area contributed by atoms with Crippen molar-refractivity contribution < 1.29 is 4.79 Å². The molecule has 0 saturated heterocycles. The summed E-state index contributed by atoms with van der Waals surface area (Å²) in [7, 11) is 0. The molecule has 52 valence electrons. The van der Waals surface area contributed by atoms with Gasteiger partial charge in [-0.25, -0.2) is 0 Å². The molecule has 0 N–H and O–H groups in total. The lowest BCUT2D eigenvalue weighted by Gasteiger charge is -2.46. The highest BCUT2D eigenvalue weighted by atomic mass is 16.1. The third-order valence-electron chi connectivity index (χ3n) is 2.94. The first-order valence-electron chi connectivity index (χ1n) is 3.52. The molecule has 0 aromatic rings. The lowest BCUT2D eigenvalue weighted by atomic mass is 9.56. The summed E-state index contributed by atoms with van der Waals surface area (Å²) in [6.07, 6.45) is 0. The van der Waals surface area contributed by atoms with Crippen molar-refractivity contribution in [3.05, 3.63) is 0 Å². The number of carbonyl (C=O) groups is 1. The maximum atomic E-state index is 11.1. The molecule has 9 heavy (non-hydrogen) atoms. The minimum atomic E-state index is -0.0284. The van der Waals surface area contributed by atoms with Crippen molar-refractivity contribution >= 4 is 5.78 Å². The summed E-state index contributed by atoms with van der Waals surface area (Å²) in [5, 5.41) is 0. The largest absolute Gasteiger partial charge is 0.299 e. The zero-order chi connectivity index (χ0) is 7.23. The summed E-state index contributed by atoms with van der Waals surface area (Å²) < 4.78 is 0. The van der Waals surface area contributed by atoms with E-state index in [-0.39, 0.29) is 5.41 Å². The monoisotopic (exact) mass is 126 g/mol. The van der Waals surface area contributed by atoms with E-state index in [0.29, 0.717) is 17.6 Å². The number of ketones is 1. The normalized spacial score (nSPS) is 40.2. The molecule has 0 aromatic carbocycles. The van der Waals surface area contributed by atoms with Crippen molar-refractivity contribution in [2.75, 3.05) is 0 Å². The lowest BCUT2D eigenvalue weighted by molar-refractivity contribution is -0.150. The third-order valence-corrected chi connectivity index (χ3v) is 2.94. The van der Waals surface area contributed by atoms with E-state index in [1.807, 2.05) is 20.8 Å². The Hall–Kier alpha value is -0.330. The Morgan fingerprint density at radius 2 is 1.78 bits per heavy atom. The van der Waals surface area contributed by atoms with Gasteiger partial charge in [0, 0.05) is 11.3 Å². The van der Waals surface area contributed by atoms with Crippen molar-refractivity contribution in [1.29, 1.82) is 0 Å². The Morgan fingerprint density at radius 1 is 1.33 bits per heavy atom. The van der Waals surface area contributed by atoms with E-state index in [4.69, 9.17) is 0 Å². The second kappa shape index (κ2) is 1.59. The van der Waals surface area contributed by atoms with Crippen LogP contribution < -0.4 is 0 Å². The third kappa shape index (κ3) is 0.637. The summed E-state index contributed by atoms with van der Waals surface area (Å²) in [5.74, 6) is 1.31. The standard InChI is InChI=1S/C8H14O/c1-5-6(2)8(3,4)7(5)9/h5-6H,1-4H3. The van der Waals surface area contributed by atoms with Gasteiger partial charge < -0.3 is 0 Å². The summed E-state index contributed by atoms with van der Waals surface area (Å²) in [6.45, 7) is 8.21. The quantitative estimate of drug-likeness (QED) is 0.484. The predicted octanol–water partition coefficient (Wildman–Crippen LogP) is 1.87. The van der Waals surface area contributed by atoms with Crippen molar-refractivity contribution in [3.63, 3.8) is 0 Å². The number of hydrogen-bond acceptors (Lipinski definition) is 1. The SMILES string of the molecule is CC1C(=O)C(C)(C)C1C. The van der Waals surface area contributed by atoms with Gasteiger partial charge in [-0.2, -0.15) is 0 Å². The van der Waals surface area contributed by atoms with Crippen LogP contribution in [0.2, 0.25) is 0 Å².